The third kappa shape index (κ3) is 6.47. The minimum atomic E-state index is -0.379. The van der Waals surface area contributed by atoms with Crippen LogP contribution < -0.4 is 14.8 Å². The minimum Gasteiger partial charge on any atom is -0.493 e. The molecule has 0 fully saturated rings. The van der Waals surface area contributed by atoms with Gasteiger partial charge in [-0.1, -0.05) is 66.4 Å². The second kappa shape index (κ2) is 13.8. The molecule has 1 atom stereocenters. The lowest BCUT2D eigenvalue weighted by Crippen LogP contribution is -2.29. The molecule has 2 aromatic heterocycles. The van der Waals surface area contributed by atoms with Gasteiger partial charge in [-0.3, -0.25) is 14.2 Å². The Bertz CT molecular complexity index is 1810. The number of methoxy groups -OCH3 is 2. The third-order valence-corrected chi connectivity index (χ3v) is 9.08. The average Bonchev–Trinajstić information content (AvgIpc) is 3.87. The monoisotopic (exact) mass is 638 g/mol. The van der Waals surface area contributed by atoms with Gasteiger partial charge in [-0.25, -0.2) is 5.01 Å². The van der Waals surface area contributed by atoms with Gasteiger partial charge in [-0.2, -0.15) is 5.10 Å². The number of hydrogen-bond acceptors (Lipinski definition) is 9. The predicted octanol–water partition coefficient (Wildman–Crippen LogP) is 5.75. The van der Waals surface area contributed by atoms with Crippen molar-refractivity contribution in [2.24, 2.45) is 5.10 Å². The van der Waals surface area contributed by atoms with Gasteiger partial charge in [0.25, 0.3) is 11.8 Å². The van der Waals surface area contributed by atoms with Crippen LogP contribution in [0.3, 0.4) is 0 Å². The van der Waals surface area contributed by atoms with E-state index in [0.717, 1.165) is 21.8 Å². The van der Waals surface area contributed by atoms with Crippen molar-refractivity contribution in [3.05, 3.63) is 118 Å². The lowest BCUT2D eigenvalue weighted by Gasteiger charge is -2.24. The number of nitrogens with one attached hydrogen (secondary N) is 1. The molecule has 6 rings (SSSR count). The highest BCUT2D eigenvalue weighted by atomic mass is 32.2. The highest BCUT2D eigenvalue weighted by molar-refractivity contribution is 7.99. The number of ether oxygens (including phenoxy) is 2. The van der Waals surface area contributed by atoms with Gasteiger partial charge in [0.1, 0.15) is 0 Å². The van der Waals surface area contributed by atoms with Crippen LogP contribution >= 0.6 is 23.1 Å². The van der Waals surface area contributed by atoms with Gasteiger partial charge in [-0.15, -0.1) is 21.5 Å². The summed E-state index contributed by atoms with van der Waals surface area (Å²) >= 11 is 2.85. The fourth-order valence-corrected chi connectivity index (χ4v) is 6.68. The lowest BCUT2D eigenvalue weighted by molar-refractivity contribution is -0.130. The molecule has 0 bridgehead atoms. The van der Waals surface area contributed by atoms with Crippen LogP contribution in [0.2, 0.25) is 0 Å². The SMILES string of the molecule is COc1cccc([C@H]2CC(c3cccs3)=NN2C(=O)CSc2nnc(CNC(=O)c3ccccc3)n2-c2ccccc2)c1OC. The molecule has 0 saturated carbocycles. The summed E-state index contributed by atoms with van der Waals surface area (Å²) in [6.07, 6.45) is 0.534. The molecule has 1 aliphatic rings. The predicted molar refractivity (Wildman–Crippen MR) is 174 cm³/mol. The number of rotatable bonds is 11. The molecule has 10 nitrogen and oxygen atoms in total. The molecular formula is C33H30N6O4S2. The highest BCUT2D eigenvalue weighted by Gasteiger charge is 2.36. The Kier molecular flexibility index (Phi) is 9.22. The molecule has 0 spiro atoms. The number of hydrogen-bond donors (Lipinski definition) is 1. The van der Waals surface area contributed by atoms with Crippen molar-refractivity contribution in [3.8, 4) is 17.2 Å². The molecule has 5 aromatic rings. The van der Waals surface area contributed by atoms with E-state index >= 15 is 0 Å². The van der Waals surface area contributed by atoms with Crippen LogP contribution in [-0.4, -0.2) is 57.3 Å². The van der Waals surface area contributed by atoms with Gasteiger partial charge in [-0.05, 0) is 41.8 Å². The van der Waals surface area contributed by atoms with Crippen molar-refractivity contribution < 1.29 is 19.1 Å². The Balaban J connectivity index is 1.25. The van der Waals surface area contributed by atoms with E-state index in [1.807, 2.05) is 88.8 Å². The number of nitrogens with zero attached hydrogens (tertiary/aromatic N) is 5. The molecule has 45 heavy (non-hydrogen) atoms. The van der Waals surface area contributed by atoms with E-state index in [2.05, 4.69) is 15.5 Å². The van der Waals surface area contributed by atoms with Crippen LogP contribution in [0.15, 0.2) is 107 Å². The van der Waals surface area contributed by atoms with E-state index in [9.17, 15) is 9.59 Å². The zero-order valence-electron chi connectivity index (χ0n) is 24.6. The van der Waals surface area contributed by atoms with E-state index in [1.54, 1.807) is 42.7 Å². The van der Waals surface area contributed by atoms with E-state index in [4.69, 9.17) is 14.6 Å². The Morgan fingerprint density at radius 3 is 2.42 bits per heavy atom. The second-order valence-electron chi connectivity index (χ2n) is 9.97. The van der Waals surface area contributed by atoms with Crippen LogP contribution in [0.1, 0.15) is 39.1 Å². The van der Waals surface area contributed by atoms with Gasteiger partial charge in [0.05, 0.1) is 43.1 Å². The lowest BCUT2D eigenvalue weighted by atomic mass is 9.99. The van der Waals surface area contributed by atoms with Gasteiger partial charge in [0.15, 0.2) is 22.5 Å². The molecule has 1 aliphatic heterocycles. The summed E-state index contributed by atoms with van der Waals surface area (Å²) < 4.78 is 13.1. The normalized spacial score (nSPS) is 14.2. The van der Waals surface area contributed by atoms with Crippen molar-refractivity contribution in [2.75, 3.05) is 20.0 Å². The first-order valence-electron chi connectivity index (χ1n) is 14.2. The molecule has 0 aliphatic carbocycles. The zero-order chi connectivity index (χ0) is 31.2. The topological polar surface area (TPSA) is 111 Å². The fourth-order valence-electron chi connectivity index (χ4n) is 5.14. The van der Waals surface area contributed by atoms with E-state index in [0.29, 0.717) is 34.5 Å². The van der Waals surface area contributed by atoms with Crippen molar-refractivity contribution in [3.63, 3.8) is 0 Å². The van der Waals surface area contributed by atoms with Crippen LogP contribution in [0, 0.1) is 0 Å². The maximum atomic E-state index is 13.9. The minimum absolute atomic E-state index is 0.0609. The Hall–Kier alpha value is -4.94. The summed E-state index contributed by atoms with van der Waals surface area (Å²) in [6.45, 7) is 0.155. The largest absolute Gasteiger partial charge is 0.493 e. The van der Waals surface area contributed by atoms with Crippen LogP contribution in [0.5, 0.6) is 11.5 Å². The number of hydrazone groups is 1. The molecule has 0 saturated heterocycles. The van der Waals surface area contributed by atoms with E-state index in [-0.39, 0.29) is 30.2 Å². The summed E-state index contributed by atoms with van der Waals surface area (Å²) in [5, 5.41) is 20.6. The first kappa shape index (κ1) is 30.1. The number of benzene rings is 3. The maximum Gasteiger partial charge on any atom is 0.253 e. The van der Waals surface area contributed by atoms with Gasteiger partial charge < -0.3 is 14.8 Å². The van der Waals surface area contributed by atoms with Crippen molar-refractivity contribution in [2.45, 2.75) is 24.2 Å². The molecular weight excluding hydrogens is 609 g/mol. The Labute approximate surface area is 268 Å². The molecule has 12 heteroatoms. The van der Waals surface area contributed by atoms with Crippen molar-refractivity contribution >= 4 is 40.6 Å². The number of aromatic nitrogens is 3. The Morgan fingerprint density at radius 2 is 1.71 bits per heavy atom. The number of amides is 2. The maximum absolute atomic E-state index is 13.9. The standard InChI is InChI=1S/C33H30N6O4S2/c1-42-27-16-9-15-24(31(27)43-2)26-19-25(28-17-10-18-44-28)37-39(26)30(40)21-45-33-36-35-29(38(33)23-13-7-4-8-14-23)20-34-32(41)22-11-5-3-6-12-22/h3-18,26H,19-21H2,1-2H3,(H,34,41)/t26-/m1/s1. The summed E-state index contributed by atoms with van der Waals surface area (Å²) in [6, 6.07) is 27.9. The zero-order valence-corrected chi connectivity index (χ0v) is 26.3. The summed E-state index contributed by atoms with van der Waals surface area (Å²) in [7, 11) is 3.18. The van der Waals surface area contributed by atoms with Crippen molar-refractivity contribution in [1.29, 1.82) is 0 Å². The quantitative estimate of drug-likeness (QED) is 0.184. The molecule has 1 N–H and O–H groups in total. The van der Waals surface area contributed by atoms with Gasteiger partial charge >= 0.3 is 0 Å². The fraction of sp³-hybridized carbons (Fsp3) is 0.182. The number of carbonyl (C=O) groups excluding carboxylic acids is 2. The first-order valence-corrected chi connectivity index (χ1v) is 16.0. The number of carbonyl (C=O) groups is 2. The average molecular weight is 639 g/mol. The van der Waals surface area contributed by atoms with Crippen molar-refractivity contribution in [1.82, 2.24) is 25.1 Å². The number of para-hydroxylation sites is 2. The molecule has 228 valence electrons. The smallest absolute Gasteiger partial charge is 0.253 e. The molecule has 2 amide bonds. The summed E-state index contributed by atoms with van der Waals surface area (Å²) in [5.74, 6) is 1.36. The summed E-state index contributed by atoms with van der Waals surface area (Å²) in [4.78, 5) is 27.7. The van der Waals surface area contributed by atoms with E-state index in [1.165, 1.54) is 11.8 Å². The highest BCUT2D eigenvalue weighted by Crippen LogP contribution is 2.42. The molecule has 3 heterocycles. The number of thioether (sulfide) groups is 1. The summed E-state index contributed by atoms with van der Waals surface area (Å²) in [5.41, 5.74) is 3.02. The molecule has 0 unspecified atom stereocenters. The third-order valence-electron chi connectivity index (χ3n) is 7.25. The molecule has 3 aromatic carbocycles. The van der Waals surface area contributed by atoms with Crippen LogP contribution in [0.25, 0.3) is 5.69 Å². The van der Waals surface area contributed by atoms with Gasteiger partial charge in [0, 0.05) is 23.2 Å². The molecule has 0 radical (unpaired) electrons. The van der Waals surface area contributed by atoms with Crippen LogP contribution in [0.4, 0.5) is 0 Å². The number of thiophene rings is 1. The Morgan fingerprint density at radius 1 is 0.933 bits per heavy atom. The van der Waals surface area contributed by atoms with Crippen LogP contribution in [-0.2, 0) is 11.3 Å². The first-order chi connectivity index (χ1) is 22.1. The van der Waals surface area contributed by atoms with E-state index < -0.39 is 0 Å². The van der Waals surface area contributed by atoms with Gasteiger partial charge in [0.2, 0.25) is 0 Å². The second-order valence-corrected chi connectivity index (χ2v) is 11.9.